The quantitative estimate of drug-likeness (QED) is 0.799. The van der Waals surface area contributed by atoms with E-state index in [9.17, 15) is 0 Å². The molecule has 3 heteroatoms. The lowest BCUT2D eigenvalue weighted by atomic mass is 9.97. The Kier molecular flexibility index (Phi) is 3.73. The molecule has 1 N–H and O–H groups in total. The summed E-state index contributed by atoms with van der Waals surface area (Å²) in [4.78, 5) is 7.40. The molecule has 0 aromatic carbocycles. The SMILES string of the molecule is C=C/C=C\C(COC)c1ccnc2[nH]ccc12. The van der Waals surface area contributed by atoms with Crippen molar-refractivity contribution in [2.24, 2.45) is 0 Å². The van der Waals surface area contributed by atoms with E-state index in [1.54, 1.807) is 13.2 Å². The van der Waals surface area contributed by atoms with Gasteiger partial charge in [0.2, 0.25) is 0 Å². The number of nitrogens with zero attached hydrogens (tertiary/aromatic N) is 1. The third-order valence-electron chi connectivity index (χ3n) is 2.72. The highest BCUT2D eigenvalue weighted by molar-refractivity contribution is 5.80. The number of nitrogens with one attached hydrogen (secondary N) is 1. The molecule has 0 aliphatic rings. The third-order valence-corrected chi connectivity index (χ3v) is 2.72. The normalized spacial score (nSPS) is 13.2. The van der Waals surface area contributed by atoms with Gasteiger partial charge in [-0.15, -0.1) is 0 Å². The van der Waals surface area contributed by atoms with E-state index in [-0.39, 0.29) is 5.92 Å². The van der Waals surface area contributed by atoms with Crippen molar-refractivity contribution in [3.8, 4) is 0 Å². The molecule has 2 rings (SSSR count). The number of aromatic amines is 1. The van der Waals surface area contributed by atoms with Crippen LogP contribution in [0.4, 0.5) is 0 Å². The Morgan fingerprint density at radius 1 is 1.53 bits per heavy atom. The first-order chi connectivity index (χ1) is 8.36. The number of pyridine rings is 1. The minimum absolute atomic E-state index is 0.222. The van der Waals surface area contributed by atoms with Gasteiger partial charge in [-0.3, -0.25) is 0 Å². The van der Waals surface area contributed by atoms with Gasteiger partial charge < -0.3 is 9.72 Å². The predicted octanol–water partition coefficient (Wildman–Crippen LogP) is 3.04. The van der Waals surface area contributed by atoms with E-state index in [0.717, 1.165) is 11.0 Å². The molecule has 17 heavy (non-hydrogen) atoms. The molecule has 0 spiro atoms. The average Bonchev–Trinajstić information content (AvgIpc) is 2.82. The standard InChI is InChI=1S/C14H16N2O/c1-3-4-5-11(10-17-2)12-6-8-15-14-13(12)7-9-16-14/h3-9,11H,1,10H2,2H3,(H,15,16)/b5-4-. The number of allylic oxidation sites excluding steroid dienone is 2. The van der Waals surface area contributed by atoms with E-state index in [2.05, 4.69) is 22.6 Å². The predicted molar refractivity (Wildman–Crippen MR) is 70.0 cm³/mol. The van der Waals surface area contributed by atoms with E-state index in [1.165, 1.54) is 5.56 Å². The molecule has 2 aromatic rings. The molecule has 1 atom stereocenters. The fourth-order valence-electron chi connectivity index (χ4n) is 1.95. The van der Waals surface area contributed by atoms with Crippen molar-refractivity contribution in [3.05, 3.63) is 54.9 Å². The van der Waals surface area contributed by atoms with Gasteiger partial charge in [-0.2, -0.15) is 0 Å². The van der Waals surface area contributed by atoms with Gasteiger partial charge in [-0.05, 0) is 17.7 Å². The van der Waals surface area contributed by atoms with Crippen LogP contribution in [0.5, 0.6) is 0 Å². The van der Waals surface area contributed by atoms with E-state index in [1.807, 2.05) is 30.6 Å². The van der Waals surface area contributed by atoms with Crippen molar-refractivity contribution >= 4 is 11.0 Å². The van der Waals surface area contributed by atoms with Gasteiger partial charge in [0.15, 0.2) is 0 Å². The van der Waals surface area contributed by atoms with Crippen LogP contribution in [0, 0.1) is 0 Å². The summed E-state index contributed by atoms with van der Waals surface area (Å²) in [7, 11) is 1.71. The van der Waals surface area contributed by atoms with Crippen LogP contribution in [0.15, 0.2) is 49.3 Å². The average molecular weight is 228 g/mol. The zero-order chi connectivity index (χ0) is 12.1. The van der Waals surface area contributed by atoms with Crippen LogP contribution in [0.3, 0.4) is 0 Å². The number of H-pyrrole nitrogens is 1. The van der Waals surface area contributed by atoms with E-state index >= 15 is 0 Å². The van der Waals surface area contributed by atoms with Crippen molar-refractivity contribution in [1.82, 2.24) is 9.97 Å². The number of ether oxygens (including phenoxy) is 1. The molecule has 0 bridgehead atoms. The third kappa shape index (κ3) is 2.45. The largest absolute Gasteiger partial charge is 0.384 e. The Morgan fingerprint density at radius 3 is 3.18 bits per heavy atom. The Hall–Kier alpha value is -1.87. The molecule has 0 saturated carbocycles. The summed E-state index contributed by atoms with van der Waals surface area (Å²) in [6.07, 6.45) is 9.54. The Bertz CT molecular complexity index is 528. The molecular weight excluding hydrogens is 212 g/mol. The maximum Gasteiger partial charge on any atom is 0.137 e. The number of fused-ring (bicyclic) bond motifs is 1. The maximum absolute atomic E-state index is 5.26. The van der Waals surface area contributed by atoms with Gasteiger partial charge in [0.25, 0.3) is 0 Å². The number of aromatic nitrogens is 2. The van der Waals surface area contributed by atoms with Gasteiger partial charge in [0, 0.05) is 30.8 Å². The van der Waals surface area contributed by atoms with E-state index in [0.29, 0.717) is 6.61 Å². The second-order valence-corrected chi connectivity index (χ2v) is 3.82. The summed E-state index contributed by atoms with van der Waals surface area (Å²) in [6, 6.07) is 4.08. The highest BCUT2D eigenvalue weighted by atomic mass is 16.5. The lowest BCUT2D eigenvalue weighted by Crippen LogP contribution is -2.04. The Balaban J connectivity index is 2.43. The van der Waals surface area contributed by atoms with Crippen molar-refractivity contribution in [2.75, 3.05) is 13.7 Å². The summed E-state index contributed by atoms with van der Waals surface area (Å²) in [6.45, 7) is 4.34. The monoisotopic (exact) mass is 228 g/mol. The minimum atomic E-state index is 0.222. The number of hydrogen-bond donors (Lipinski definition) is 1. The lowest BCUT2D eigenvalue weighted by molar-refractivity contribution is 0.191. The molecule has 0 saturated heterocycles. The molecule has 0 radical (unpaired) electrons. The van der Waals surface area contributed by atoms with Crippen molar-refractivity contribution < 1.29 is 4.74 Å². The van der Waals surface area contributed by atoms with Crippen LogP contribution in [0.2, 0.25) is 0 Å². The molecule has 2 heterocycles. The van der Waals surface area contributed by atoms with Crippen molar-refractivity contribution in [3.63, 3.8) is 0 Å². The molecule has 0 amide bonds. The zero-order valence-corrected chi connectivity index (χ0v) is 9.89. The van der Waals surface area contributed by atoms with Crippen molar-refractivity contribution in [1.29, 1.82) is 0 Å². The first kappa shape index (κ1) is 11.6. The van der Waals surface area contributed by atoms with Crippen LogP contribution in [0.1, 0.15) is 11.5 Å². The van der Waals surface area contributed by atoms with Crippen LogP contribution in [-0.4, -0.2) is 23.7 Å². The highest BCUT2D eigenvalue weighted by Gasteiger charge is 2.12. The molecule has 0 fully saturated rings. The van der Waals surface area contributed by atoms with E-state index in [4.69, 9.17) is 4.74 Å². The molecule has 3 nitrogen and oxygen atoms in total. The zero-order valence-electron chi connectivity index (χ0n) is 9.89. The Labute approximate surface area is 101 Å². The first-order valence-electron chi connectivity index (χ1n) is 5.57. The van der Waals surface area contributed by atoms with Crippen LogP contribution < -0.4 is 0 Å². The van der Waals surface area contributed by atoms with Gasteiger partial charge in [0.1, 0.15) is 5.65 Å². The van der Waals surface area contributed by atoms with Gasteiger partial charge >= 0.3 is 0 Å². The van der Waals surface area contributed by atoms with Crippen LogP contribution >= 0.6 is 0 Å². The molecule has 2 aromatic heterocycles. The lowest BCUT2D eigenvalue weighted by Gasteiger charge is -2.12. The number of rotatable bonds is 5. The first-order valence-corrected chi connectivity index (χ1v) is 5.57. The highest BCUT2D eigenvalue weighted by Crippen LogP contribution is 2.25. The van der Waals surface area contributed by atoms with Crippen LogP contribution in [0.25, 0.3) is 11.0 Å². The summed E-state index contributed by atoms with van der Waals surface area (Å²) < 4.78 is 5.26. The minimum Gasteiger partial charge on any atom is -0.384 e. The second-order valence-electron chi connectivity index (χ2n) is 3.82. The van der Waals surface area contributed by atoms with Gasteiger partial charge in [-0.1, -0.05) is 24.8 Å². The van der Waals surface area contributed by atoms with Gasteiger partial charge in [-0.25, -0.2) is 4.98 Å². The molecule has 0 aliphatic carbocycles. The topological polar surface area (TPSA) is 37.9 Å². The fraction of sp³-hybridized carbons (Fsp3) is 0.214. The second kappa shape index (κ2) is 5.46. The molecule has 88 valence electrons. The summed E-state index contributed by atoms with van der Waals surface area (Å²) in [5.74, 6) is 0.222. The molecule has 1 unspecified atom stereocenters. The van der Waals surface area contributed by atoms with Gasteiger partial charge in [0.05, 0.1) is 6.61 Å². The van der Waals surface area contributed by atoms with Crippen LogP contribution in [-0.2, 0) is 4.74 Å². The van der Waals surface area contributed by atoms with E-state index < -0.39 is 0 Å². The summed E-state index contributed by atoms with van der Waals surface area (Å²) in [5, 5.41) is 1.14. The maximum atomic E-state index is 5.26. The Morgan fingerprint density at radius 2 is 2.41 bits per heavy atom. The molecule has 0 aliphatic heterocycles. The number of methoxy groups -OCH3 is 1. The fourth-order valence-corrected chi connectivity index (χ4v) is 1.95. The summed E-state index contributed by atoms with van der Waals surface area (Å²) in [5.41, 5.74) is 2.13. The van der Waals surface area contributed by atoms with Crippen molar-refractivity contribution in [2.45, 2.75) is 5.92 Å². The molecular formula is C14H16N2O. The number of hydrogen-bond acceptors (Lipinski definition) is 2. The summed E-state index contributed by atoms with van der Waals surface area (Å²) >= 11 is 0. The smallest absolute Gasteiger partial charge is 0.137 e.